The number of hydrogen-bond donors (Lipinski definition) is 1. The molecule has 0 saturated heterocycles. The fourth-order valence-corrected chi connectivity index (χ4v) is 2.65. The Labute approximate surface area is 133 Å². The van der Waals surface area contributed by atoms with Gasteiger partial charge >= 0.3 is 0 Å². The summed E-state index contributed by atoms with van der Waals surface area (Å²) in [5.74, 6) is -0.182. The molecule has 0 fully saturated rings. The number of amides is 1. The standard InChI is InChI=1S/C16H17ClN4O/c1-10(2)21-9-11(8-18-21)19-16(22)15-7-12-13(17)5-4-6-14(12)20(15)3/h4-10H,1-3H3,(H,19,22). The van der Waals surface area contributed by atoms with E-state index in [-0.39, 0.29) is 11.9 Å². The van der Waals surface area contributed by atoms with Crippen molar-refractivity contribution in [1.29, 1.82) is 0 Å². The van der Waals surface area contributed by atoms with Crippen LogP contribution in [0.4, 0.5) is 5.69 Å². The van der Waals surface area contributed by atoms with E-state index in [0.717, 1.165) is 10.9 Å². The molecule has 1 aromatic carbocycles. The second kappa shape index (κ2) is 5.50. The molecule has 5 nitrogen and oxygen atoms in total. The van der Waals surface area contributed by atoms with Crippen LogP contribution in [0.25, 0.3) is 10.9 Å². The predicted molar refractivity (Wildman–Crippen MR) is 88.5 cm³/mol. The van der Waals surface area contributed by atoms with Crippen LogP contribution in [0.15, 0.2) is 36.7 Å². The number of aromatic nitrogens is 3. The third kappa shape index (κ3) is 2.48. The average Bonchev–Trinajstić information content (AvgIpc) is 3.05. The molecule has 2 aromatic heterocycles. The van der Waals surface area contributed by atoms with Crippen LogP contribution in [-0.2, 0) is 7.05 Å². The Bertz CT molecular complexity index is 847. The van der Waals surface area contributed by atoms with Gasteiger partial charge in [-0.15, -0.1) is 0 Å². The van der Waals surface area contributed by atoms with Gasteiger partial charge in [0.1, 0.15) is 5.69 Å². The minimum Gasteiger partial charge on any atom is -0.340 e. The van der Waals surface area contributed by atoms with E-state index < -0.39 is 0 Å². The quantitative estimate of drug-likeness (QED) is 0.797. The van der Waals surface area contributed by atoms with Crippen LogP contribution in [0.1, 0.15) is 30.4 Å². The van der Waals surface area contributed by atoms with E-state index in [2.05, 4.69) is 10.4 Å². The molecule has 0 bridgehead atoms. The summed E-state index contributed by atoms with van der Waals surface area (Å²) in [5, 5.41) is 8.59. The summed E-state index contributed by atoms with van der Waals surface area (Å²) in [4.78, 5) is 12.5. The van der Waals surface area contributed by atoms with Gasteiger partial charge in [-0.3, -0.25) is 9.48 Å². The number of rotatable bonds is 3. The molecule has 114 valence electrons. The smallest absolute Gasteiger partial charge is 0.272 e. The van der Waals surface area contributed by atoms with Crippen LogP contribution in [0.5, 0.6) is 0 Å². The summed E-state index contributed by atoms with van der Waals surface area (Å²) in [6, 6.07) is 7.69. The average molecular weight is 317 g/mol. The molecule has 0 radical (unpaired) electrons. The maximum absolute atomic E-state index is 12.5. The monoisotopic (exact) mass is 316 g/mol. The highest BCUT2D eigenvalue weighted by Crippen LogP contribution is 2.26. The van der Waals surface area contributed by atoms with Gasteiger partial charge in [0.05, 0.1) is 11.9 Å². The highest BCUT2D eigenvalue weighted by molar-refractivity contribution is 6.35. The summed E-state index contributed by atoms with van der Waals surface area (Å²) in [6.07, 6.45) is 3.46. The minimum atomic E-state index is -0.182. The van der Waals surface area contributed by atoms with Crippen molar-refractivity contribution in [1.82, 2.24) is 14.3 Å². The molecule has 3 aromatic rings. The molecule has 22 heavy (non-hydrogen) atoms. The summed E-state index contributed by atoms with van der Waals surface area (Å²) < 4.78 is 3.64. The zero-order valence-corrected chi connectivity index (χ0v) is 13.4. The Morgan fingerprint density at radius 1 is 1.36 bits per heavy atom. The summed E-state index contributed by atoms with van der Waals surface area (Å²) in [7, 11) is 1.85. The van der Waals surface area contributed by atoms with Gasteiger partial charge in [-0.1, -0.05) is 17.7 Å². The van der Waals surface area contributed by atoms with E-state index >= 15 is 0 Å². The Kier molecular flexibility index (Phi) is 3.66. The van der Waals surface area contributed by atoms with Crippen molar-refractivity contribution in [3.05, 3.63) is 47.4 Å². The van der Waals surface area contributed by atoms with E-state index in [1.54, 1.807) is 16.9 Å². The molecular weight excluding hydrogens is 300 g/mol. The lowest BCUT2D eigenvalue weighted by atomic mass is 10.2. The first-order valence-electron chi connectivity index (χ1n) is 7.07. The van der Waals surface area contributed by atoms with Crippen molar-refractivity contribution in [3.63, 3.8) is 0 Å². The van der Waals surface area contributed by atoms with Crippen LogP contribution < -0.4 is 5.32 Å². The number of carbonyl (C=O) groups excluding carboxylic acids is 1. The topological polar surface area (TPSA) is 51.9 Å². The molecule has 0 aliphatic heterocycles. The molecule has 0 saturated carbocycles. The van der Waals surface area contributed by atoms with Gasteiger partial charge in [0.25, 0.3) is 5.91 Å². The maximum atomic E-state index is 12.5. The third-order valence-corrected chi connectivity index (χ3v) is 3.98. The number of halogens is 1. The van der Waals surface area contributed by atoms with Crippen molar-refractivity contribution in [2.75, 3.05) is 5.32 Å². The molecule has 0 atom stereocenters. The zero-order chi connectivity index (χ0) is 15.9. The number of benzene rings is 1. The largest absolute Gasteiger partial charge is 0.340 e. The number of nitrogens with zero attached hydrogens (tertiary/aromatic N) is 3. The maximum Gasteiger partial charge on any atom is 0.272 e. The molecule has 6 heteroatoms. The van der Waals surface area contributed by atoms with E-state index in [0.29, 0.717) is 16.4 Å². The Balaban J connectivity index is 1.91. The number of carbonyl (C=O) groups is 1. The van der Waals surface area contributed by atoms with Gasteiger partial charge in [-0.2, -0.15) is 5.10 Å². The molecule has 0 aliphatic rings. The number of fused-ring (bicyclic) bond motifs is 1. The van der Waals surface area contributed by atoms with Crippen LogP contribution in [0.2, 0.25) is 5.02 Å². The van der Waals surface area contributed by atoms with Crippen molar-refractivity contribution < 1.29 is 4.79 Å². The molecule has 3 rings (SSSR count). The SMILES string of the molecule is CC(C)n1cc(NC(=O)c2cc3c(Cl)cccc3n2C)cn1. The van der Waals surface area contributed by atoms with Crippen molar-refractivity contribution >= 4 is 34.1 Å². The van der Waals surface area contributed by atoms with Gasteiger partial charge < -0.3 is 9.88 Å². The molecule has 0 unspecified atom stereocenters. The van der Waals surface area contributed by atoms with Crippen molar-refractivity contribution in [2.24, 2.45) is 7.05 Å². The van der Waals surface area contributed by atoms with E-state index in [9.17, 15) is 4.79 Å². The Morgan fingerprint density at radius 2 is 2.14 bits per heavy atom. The zero-order valence-electron chi connectivity index (χ0n) is 12.7. The summed E-state index contributed by atoms with van der Waals surface area (Å²) >= 11 is 6.19. The number of hydrogen-bond acceptors (Lipinski definition) is 2. The Morgan fingerprint density at radius 3 is 2.77 bits per heavy atom. The molecule has 1 N–H and O–H groups in total. The second-order valence-electron chi connectivity index (χ2n) is 5.52. The normalized spacial score (nSPS) is 11.3. The fourth-order valence-electron chi connectivity index (χ4n) is 2.42. The molecule has 1 amide bonds. The molecule has 2 heterocycles. The highest BCUT2D eigenvalue weighted by atomic mass is 35.5. The molecule has 0 spiro atoms. The molecule has 0 aliphatic carbocycles. The number of anilines is 1. The van der Waals surface area contributed by atoms with Gasteiger partial charge in [0, 0.05) is 35.2 Å². The lowest BCUT2D eigenvalue weighted by Crippen LogP contribution is -2.15. The predicted octanol–water partition coefficient (Wildman–Crippen LogP) is 3.86. The highest BCUT2D eigenvalue weighted by Gasteiger charge is 2.15. The van der Waals surface area contributed by atoms with Gasteiger partial charge in [0.2, 0.25) is 0 Å². The van der Waals surface area contributed by atoms with Crippen molar-refractivity contribution in [2.45, 2.75) is 19.9 Å². The third-order valence-electron chi connectivity index (χ3n) is 3.65. The van der Waals surface area contributed by atoms with E-state index in [4.69, 9.17) is 11.6 Å². The van der Waals surface area contributed by atoms with E-state index in [1.807, 2.05) is 49.9 Å². The summed E-state index contributed by atoms with van der Waals surface area (Å²) in [6.45, 7) is 4.06. The first-order valence-corrected chi connectivity index (χ1v) is 7.44. The van der Waals surface area contributed by atoms with Gasteiger partial charge in [-0.25, -0.2) is 0 Å². The van der Waals surface area contributed by atoms with Gasteiger partial charge in [-0.05, 0) is 32.0 Å². The molecular formula is C16H17ClN4O. The number of aryl methyl sites for hydroxylation is 1. The fraction of sp³-hybridized carbons (Fsp3) is 0.250. The van der Waals surface area contributed by atoms with E-state index in [1.165, 1.54) is 0 Å². The van der Waals surface area contributed by atoms with Crippen LogP contribution in [0, 0.1) is 0 Å². The lowest BCUT2D eigenvalue weighted by molar-refractivity contribution is 0.101. The van der Waals surface area contributed by atoms with Gasteiger partial charge in [0.15, 0.2) is 0 Å². The van der Waals surface area contributed by atoms with Crippen LogP contribution in [0.3, 0.4) is 0 Å². The Hall–Kier alpha value is -2.27. The first kappa shape index (κ1) is 14.7. The lowest BCUT2D eigenvalue weighted by Gasteiger charge is -2.05. The minimum absolute atomic E-state index is 0.182. The van der Waals surface area contributed by atoms with Crippen LogP contribution >= 0.6 is 11.6 Å². The second-order valence-corrected chi connectivity index (χ2v) is 5.93. The van der Waals surface area contributed by atoms with Crippen molar-refractivity contribution in [3.8, 4) is 0 Å². The summed E-state index contributed by atoms with van der Waals surface area (Å²) in [5.41, 5.74) is 2.16. The number of nitrogens with one attached hydrogen (secondary N) is 1. The van der Waals surface area contributed by atoms with Crippen LogP contribution in [-0.4, -0.2) is 20.3 Å². The first-order chi connectivity index (χ1) is 10.5.